The van der Waals surface area contributed by atoms with Crippen LogP contribution in [0, 0.1) is 0 Å². The molecule has 1 aliphatic carbocycles. The third-order valence-corrected chi connectivity index (χ3v) is 9.27. The highest BCUT2D eigenvalue weighted by atomic mass is 32.2. The zero-order valence-electron chi connectivity index (χ0n) is 21.0. The maximum Gasteiger partial charge on any atom is 0.280 e. The van der Waals surface area contributed by atoms with Crippen molar-refractivity contribution in [2.45, 2.75) is 48.5 Å². The van der Waals surface area contributed by atoms with Gasteiger partial charge in [-0.15, -0.1) is 0 Å². The topological polar surface area (TPSA) is 141 Å². The van der Waals surface area contributed by atoms with Gasteiger partial charge >= 0.3 is 0 Å². The Hall–Kier alpha value is -3.13. The number of anilines is 1. The first kappa shape index (κ1) is 26.5. The van der Waals surface area contributed by atoms with E-state index in [0.717, 1.165) is 19.5 Å². The molecule has 1 saturated heterocycles. The van der Waals surface area contributed by atoms with Crippen LogP contribution in [0.4, 0.5) is 5.13 Å². The molecule has 2 aliphatic rings. The Morgan fingerprint density at radius 1 is 1.18 bits per heavy atom. The second-order valence-corrected chi connectivity index (χ2v) is 12.5. The number of nitrogens with one attached hydrogen (secondary N) is 2. The average Bonchev–Trinajstić information content (AvgIpc) is 3.51. The Kier molecular flexibility index (Phi) is 7.88. The zero-order valence-corrected chi connectivity index (χ0v) is 22.7. The van der Waals surface area contributed by atoms with Crippen molar-refractivity contribution in [3.63, 3.8) is 0 Å². The van der Waals surface area contributed by atoms with Gasteiger partial charge in [-0.2, -0.15) is 0 Å². The van der Waals surface area contributed by atoms with Crippen LogP contribution in [0.1, 0.15) is 31.7 Å². The van der Waals surface area contributed by atoms with Gasteiger partial charge in [0, 0.05) is 25.3 Å². The molecule has 5 rings (SSSR count). The summed E-state index contributed by atoms with van der Waals surface area (Å²) in [4.78, 5) is 28.6. The number of oxime groups is 1. The standard InChI is InChI=1S/C25H29N5O6S2/c1-15(14-34-2)36-30-22(16-3-5-18(6-4-16)38(32,33)19-7-8-19)23(31)29-25-27-20-9-10-21(28-24(20)37-25)35-17-11-12-26-13-17/h3-6,9-10,15,17,19,26H,7-8,11-14H2,1-2H3,(H,27,29,31)/b30-22+/t15-,17+/m1/s1. The SMILES string of the molecule is COC[C@@H](C)O/N=C(/C(=O)Nc1nc2ccc(O[C@H]3CCNC3)nc2s1)c1ccc(S(=O)(=O)C2CC2)cc1. The molecular weight excluding hydrogens is 530 g/mol. The molecule has 0 bridgehead atoms. The summed E-state index contributed by atoms with van der Waals surface area (Å²) in [7, 11) is -1.81. The Labute approximate surface area is 224 Å². The van der Waals surface area contributed by atoms with Gasteiger partial charge in [-0.05, 0) is 50.9 Å². The lowest BCUT2D eigenvalue weighted by atomic mass is 10.1. The summed E-state index contributed by atoms with van der Waals surface area (Å²) in [6.07, 6.45) is 1.94. The van der Waals surface area contributed by atoms with Crippen LogP contribution in [0.15, 0.2) is 46.4 Å². The first-order chi connectivity index (χ1) is 18.3. The molecule has 13 heteroatoms. The minimum atomic E-state index is -3.35. The van der Waals surface area contributed by atoms with Gasteiger partial charge in [0.1, 0.15) is 22.6 Å². The maximum atomic E-state index is 13.3. The van der Waals surface area contributed by atoms with Gasteiger partial charge in [0.05, 0.1) is 16.8 Å². The minimum Gasteiger partial charge on any atom is -0.473 e. The third kappa shape index (κ3) is 6.12. The smallest absolute Gasteiger partial charge is 0.280 e. The van der Waals surface area contributed by atoms with Crippen molar-refractivity contribution in [1.29, 1.82) is 0 Å². The number of rotatable bonds is 11. The van der Waals surface area contributed by atoms with E-state index in [-0.39, 0.29) is 28.6 Å². The number of thiazole rings is 1. The maximum absolute atomic E-state index is 13.3. The minimum absolute atomic E-state index is 0.0201. The first-order valence-electron chi connectivity index (χ1n) is 12.4. The van der Waals surface area contributed by atoms with Crippen molar-refractivity contribution in [2.75, 3.05) is 32.1 Å². The van der Waals surface area contributed by atoms with Crippen molar-refractivity contribution in [1.82, 2.24) is 15.3 Å². The number of sulfone groups is 1. The van der Waals surface area contributed by atoms with Crippen LogP contribution in [0.3, 0.4) is 0 Å². The first-order valence-corrected chi connectivity index (χ1v) is 14.7. The van der Waals surface area contributed by atoms with Crippen LogP contribution in [0.25, 0.3) is 10.3 Å². The molecule has 2 fully saturated rings. The van der Waals surface area contributed by atoms with E-state index in [0.29, 0.717) is 39.8 Å². The van der Waals surface area contributed by atoms with Gasteiger partial charge in [-0.25, -0.2) is 18.4 Å². The van der Waals surface area contributed by atoms with Crippen LogP contribution in [-0.2, 0) is 24.2 Å². The van der Waals surface area contributed by atoms with E-state index >= 15 is 0 Å². The molecule has 1 amide bonds. The van der Waals surface area contributed by atoms with Crippen molar-refractivity contribution in [3.8, 4) is 5.88 Å². The fraction of sp³-hybridized carbons (Fsp3) is 0.440. The van der Waals surface area contributed by atoms with Crippen molar-refractivity contribution >= 4 is 48.3 Å². The number of benzene rings is 1. The molecule has 11 nitrogen and oxygen atoms in total. The largest absolute Gasteiger partial charge is 0.473 e. The fourth-order valence-electron chi connectivity index (χ4n) is 3.98. The Balaban J connectivity index is 1.35. The van der Waals surface area contributed by atoms with Crippen LogP contribution in [0.5, 0.6) is 5.88 Å². The zero-order chi connectivity index (χ0) is 26.7. The van der Waals surface area contributed by atoms with E-state index in [1.54, 1.807) is 38.3 Å². The number of amides is 1. The van der Waals surface area contributed by atoms with Gasteiger partial charge in [0.15, 0.2) is 20.7 Å². The number of methoxy groups -OCH3 is 1. The number of carbonyl (C=O) groups excluding carboxylic acids is 1. The van der Waals surface area contributed by atoms with Gasteiger partial charge in [-0.3, -0.25) is 10.1 Å². The van der Waals surface area contributed by atoms with Crippen LogP contribution >= 0.6 is 11.3 Å². The monoisotopic (exact) mass is 559 g/mol. The number of nitrogens with zero attached hydrogens (tertiary/aromatic N) is 3. The second-order valence-electron chi connectivity index (χ2n) is 9.26. The van der Waals surface area contributed by atoms with E-state index in [1.807, 2.05) is 0 Å². The molecule has 2 N–H and O–H groups in total. The highest BCUT2D eigenvalue weighted by Gasteiger charge is 2.36. The van der Waals surface area contributed by atoms with E-state index < -0.39 is 21.8 Å². The molecule has 1 saturated carbocycles. The van der Waals surface area contributed by atoms with E-state index in [9.17, 15) is 13.2 Å². The van der Waals surface area contributed by atoms with Crippen molar-refractivity contribution < 1.29 is 27.5 Å². The van der Waals surface area contributed by atoms with Gasteiger partial charge in [0.2, 0.25) is 5.88 Å². The Bertz CT molecular complexity index is 1430. The van der Waals surface area contributed by atoms with Crippen molar-refractivity contribution in [2.24, 2.45) is 5.16 Å². The normalized spacial score (nSPS) is 18.9. The molecule has 2 atom stereocenters. The summed E-state index contributed by atoms with van der Waals surface area (Å²) >= 11 is 1.21. The predicted octanol–water partition coefficient (Wildman–Crippen LogP) is 2.76. The number of pyridine rings is 1. The molecular formula is C25H29N5O6S2. The molecule has 0 unspecified atom stereocenters. The molecule has 38 heavy (non-hydrogen) atoms. The highest BCUT2D eigenvalue weighted by molar-refractivity contribution is 7.92. The fourth-order valence-corrected chi connectivity index (χ4v) is 6.46. The summed E-state index contributed by atoms with van der Waals surface area (Å²) in [6, 6.07) is 9.66. The summed E-state index contributed by atoms with van der Waals surface area (Å²) < 4.78 is 36.1. The molecule has 0 spiro atoms. The number of fused-ring (bicyclic) bond motifs is 1. The van der Waals surface area contributed by atoms with Crippen LogP contribution in [0.2, 0.25) is 0 Å². The molecule has 1 aliphatic heterocycles. The molecule has 3 aromatic rings. The average molecular weight is 560 g/mol. The van der Waals surface area contributed by atoms with Gasteiger partial charge in [0.25, 0.3) is 5.91 Å². The van der Waals surface area contributed by atoms with E-state index in [1.165, 1.54) is 23.5 Å². The highest BCUT2D eigenvalue weighted by Crippen LogP contribution is 2.33. The lowest BCUT2D eigenvalue weighted by Crippen LogP contribution is -2.25. The molecule has 3 heterocycles. The molecule has 202 valence electrons. The number of hydrogen-bond donors (Lipinski definition) is 2. The van der Waals surface area contributed by atoms with Crippen LogP contribution < -0.4 is 15.4 Å². The summed E-state index contributed by atoms with van der Waals surface area (Å²) in [5.74, 6) is -0.0447. The molecule has 2 aromatic heterocycles. The van der Waals surface area contributed by atoms with Gasteiger partial charge in [-0.1, -0.05) is 28.6 Å². The second kappa shape index (κ2) is 11.3. The number of hydrogen-bond acceptors (Lipinski definition) is 11. The number of aromatic nitrogens is 2. The number of ether oxygens (including phenoxy) is 2. The predicted molar refractivity (Wildman–Crippen MR) is 144 cm³/mol. The summed E-state index contributed by atoms with van der Waals surface area (Å²) in [5, 5.41) is 10.1. The molecule has 1 aromatic carbocycles. The lowest BCUT2D eigenvalue weighted by Gasteiger charge is -2.11. The third-order valence-electron chi connectivity index (χ3n) is 6.11. The molecule has 0 radical (unpaired) electrons. The van der Waals surface area contributed by atoms with E-state index in [2.05, 4.69) is 25.8 Å². The quantitative estimate of drug-likeness (QED) is 0.268. The Morgan fingerprint density at radius 3 is 2.66 bits per heavy atom. The number of carbonyl (C=O) groups is 1. The van der Waals surface area contributed by atoms with Crippen LogP contribution in [-0.4, -0.2) is 74.3 Å². The van der Waals surface area contributed by atoms with Gasteiger partial charge < -0.3 is 19.6 Å². The lowest BCUT2D eigenvalue weighted by molar-refractivity contribution is -0.110. The Morgan fingerprint density at radius 2 is 1.97 bits per heavy atom. The summed E-state index contributed by atoms with van der Waals surface area (Å²) in [6.45, 7) is 3.74. The summed E-state index contributed by atoms with van der Waals surface area (Å²) in [5.41, 5.74) is 1.01. The van der Waals surface area contributed by atoms with E-state index in [4.69, 9.17) is 14.3 Å². The van der Waals surface area contributed by atoms with Crippen molar-refractivity contribution in [3.05, 3.63) is 42.0 Å².